The fraction of sp³-hybridized carbons (Fsp3) is 0.920. The van der Waals surface area contributed by atoms with E-state index in [9.17, 15) is 14.7 Å². The maximum Gasteiger partial charge on any atom is 0.305 e. The Balaban J connectivity index is 1.54. The zero-order chi connectivity index (χ0) is 21.0. The molecule has 4 rings (SSSR count). The molecule has 4 nitrogen and oxygen atoms in total. The Labute approximate surface area is 176 Å². The molecule has 0 aromatic carbocycles. The van der Waals surface area contributed by atoms with Crippen molar-refractivity contribution in [2.45, 2.75) is 91.1 Å². The number of ether oxygens (including phenoxy) is 1. The third-order valence-corrected chi connectivity index (χ3v) is 10.3. The minimum absolute atomic E-state index is 0.138. The summed E-state index contributed by atoms with van der Waals surface area (Å²) in [4.78, 5) is 25.3. The SMILES string of the molecule is COC(=O)CC[C@@H](C)C1CCC2C3CC[C@@H]4C[C@H](O)CC[C@]4(C)C3CC(=O)[C@@]21C. The normalized spacial score (nSPS) is 47.7. The van der Waals surface area contributed by atoms with Crippen molar-refractivity contribution in [2.24, 2.45) is 46.3 Å². The quantitative estimate of drug-likeness (QED) is 0.685. The third-order valence-electron chi connectivity index (χ3n) is 10.3. The van der Waals surface area contributed by atoms with Gasteiger partial charge >= 0.3 is 5.97 Å². The highest BCUT2D eigenvalue weighted by Gasteiger charge is 2.63. The third kappa shape index (κ3) is 3.28. The fourth-order valence-electron chi connectivity index (χ4n) is 8.53. The summed E-state index contributed by atoms with van der Waals surface area (Å²) in [5.74, 6) is 3.37. The number of Topliss-reactive ketones (excluding diaryl/α,β-unsaturated/α-hetero) is 1. The molecule has 0 heterocycles. The van der Waals surface area contributed by atoms with Crippen LogP contribution in [0.2, 0.25) is 0 Å². The van der Waals surface area contributed by atoms with Gasteiger partial charge in [0, 0.05) is 18.3 Å². The average molecular weight is 405 g/mol. The van der Waals surface area contributed by atoms with Crippen LogP contribution in [0.4, 0.5) is 0 Å². The van der Waals surface area contributed by atoms with Crippen LogP contribution in [-0.4, -0.2) is 30.1 Å². The summed E-state index contributed by atoms with van der Waals surface area (Å²) < 4.78 is 4.83. The Kier molecular flexibility index (Phi) is 5.63. The predicted octanol–water partition coefficient (Wildman–Crippen LogP) is 4.77. The number of fused-ring (bicyclic) bond motifs is 5. The number of esters is 1. The summed E-state index contributed by atoms with van der Waals surface area (Å²) in [6.07, 6.45) is 9.53. The van der Waals surface area contributed by atoms with Crippen molar-refractivity contribution < 1.29 is 19.4 Å². The van der Waals surface area contributed by atoms with Crippen LogP contribution >= 0.6 is 0 Å². The highest BCUT2D eigenvalue weighted by molar-refractivity contribution is 5.87. The predicted molar refractivity (Wildman–Crippen MR) is 112 cm³/mol. The first-order valence-corrected chi connectivity index (χ1v) is 12.0. The molecule has 4 unspecified atom stereocenters. The number of rotatable bonds is 4. The summed E-state index contributed by atoms with van der Waals surface area (Å²) in [7, 11) is 1.45. The number of hydrogen-bond acceptors (Lipinski definition) is 4. The van der Waals surface area contributed by atoms with Crippen LogP contribution < -0.4 is 0 Å². The first-order valence-electron chi connectivity index (χ1n) is 12.0. The number of ketones is 1. The molecular weight excluding hydrogens is 364 g/mol. The monoisotopic (exact) mass is 404 g/mol. The van der Waals surface area contributed by atoms with Gasteiger partial charge in [-0.3, -0.25) is 9.59 Å². The molecule has 0 saturated heterocycles. The zero-order valence-electron chi connectivity index (χ0n) is 18.8. The van der Waals surface area contributed by atoms with Crippen molar-refractivity contribution in [3.05, 3.63) is 0 Å². The van der Waals surface area contributed by atoms with Crippen LogP contribution in [-0.2, 0) is 14.3 Å². The molecule has 4 saturated carbocycles. The van der Waals surface area contributed by atoms with E-state index in [1.54, 1.807) is 0 Å². The number of aliphatic hydroxyl groups excluding tert-OH is 1. The molecule has 1 N–H and O–H groups in total. The average Bonchev–Trinajstić information content (AvgIpc) is 3.06. The van der Waals surface area contributed by atoms with Crippen molar-refractivity contribution in [2.75, 3.05) is 7.11 Å². The number of carbonyl (C=O) groups is 2. The van der Waals surface area contributed by atoms with Crippen LogP contribution in [0.25, 0.3) is 0 Å². The van der Waals surface area contributed by atoms with Gasteiger partial charge in [0.25, 0.3) is 0 Å². The molecule has 4 aliphatic rings. The maximum absolute atomic E-state index is 13.7. The van der Waals surface area contributed by atoms with Crippen LogP contribution in [0.3, 0.4) is 0 Å². The molecule has 9 atom stereocenters. The smallest absolute Gasteiger partial charge is 0.305 e. The molecule has 0 amide bonds. The van der Waals surface area contributed by atoms with Gasteiger partial charge in [-0.05, 0) is 92.3 Å². The van der Waals surface area contributed by atoms with Crippen molar-refractivity contribution in [1.82, 2.24) is 0 Å². The van der Waals surface area contributed by atoms with E-state index in [0.717, 1.165) is 38.5 Å². The number of hydrogen-bond donors (Lipinski definition) is 1. The summed E-state index contributed by atoms with van der Waals surface area (Å²) in [5, 5.41) is 10.2. The van der Waals surface area contributed by atoms with Crippen LogP contribution in [0.1, 0.15) is 85.0 Å². The van der Waals surface area contributed by atoms with Gasteiger partial charge in [-0.25, -0.2) is 0 Å². The molecule has 0 aromatic rings. The van der Waals surface area contributed by atoms with E-state index < -0.39 is 0 Å². The molecule has 4 fully saturated rings. The molecule has 0 spiro atoms. The molecule has 0 aromatic heterocycles. The Bertz CT molecular complexity index is 659. The Hall–Kier alpha value is -0.900. The van der Waals surface area contributed by atoms with E-state index in [1.807, 2.05) is 0 Å². The summed E-state index contributed by atoms with van der Waals surface area (Å²) in [6, 6.07) is 0. The topological polar surface area (TPSA) is 63.6 Å². The van der Waals surface area contributed by atoms with Gasteiger partial charge in [0.15, 0.2) is 0 Å². The van der Waals surface area contributed by atoms with E-state index in [2.05, 4.69) is 20.8 Å². The van der Waals surface area contributed by atoms with Crippen molar-refractivity contribution >= 4 is 11.8 Å². The lowest BCUT2D eigenvalue weighted by Crippen LogP contribution is -2.57. The van der Waals surface area contributed by atoms with Gasteiger partial charge in [-0.15, -0.1) is 0 Å². The summed E-state index contributed by atoms with van der Waals surface area (Å²) >= 11 is 0. The van der Waals surface area contributed by atoms with Crippen molar-refractivity contribution in [1.29, 1.82) is 0 Å². The van der Waals surface area contributed by atoms with Gasteiger partial charge in [0.1, 0.15) is 5.78 Å². The Morgan fingerprint density at radius 1 is 1.17 bits per heavy atom. The van der Waals surface area contributed by atoms with Crippen molar-refractivity contribution in [3.8, 4) is 0 Å². The van der Waals surface area contributed by atoms with E-state index in [1.165, 1.54) is 26.4 Å². The van der Waals surface area contributed by atoms with Crippen molar-refractivity contribution in [3.63, 3.8) is 0 Å². The lowest BCUT2D eigenvalue weighted by atomic mass is 9.44. The minimum atomic E-state index is -0.214. The summed E-state index contributed by atoms with van der Waals surface area (Å²) in [5.41, 5.74) is 0.0157. The molecular formula is C25H40O4. The first kappa shape index (κ1) is 21.3. The lowest BCUT2D eigenvalue weighted by Gasteiger charge is -2.60. The largest absolute Gasteiger partial charge is 0.469 e. The Morgan fingerprint density at radius 2 is 1.93 bits per heavy atom. The van der Waals surface area contributed by atoms with Crippen LogP contribution in [0, 0.1) is 46.3 Å². The maximum atomic E-state index is 13.7. The molecule has 0 aliphatic heterocycles. The van der Waals surface area contributed by atoms with Gasteiger partial charge in [-0.1, -0.05) is 20.8 Å². The number of aliphatic hydroxyl groups is 1. The molecule has 164 valence electrons. The molecule has 0 radical (unpaired) electrons. The van der Waals surface area contributed by atoms with Crippen LogP contribution in [0.15, 0.2) is 0 Å². The van der Waals surface area contributed by atoms with Gasteiger partial charge < -0.3 is 9.84 Å². The number of methoxy groups -OCH3 is 1. The van der Waals surface area contributed by atoms with E-state index in [0.29, 0.717) is 47.7 Å². The van der Waals surface area contributed by atoms with E-state index >= 15 is 0 Å². The number of carbonyl (C=O) groups excluding carboxylic acids is 2. The highest BCUT2D eigenvalue weighted by Crippen LogP contribution is 2.67. The molecule has 4 heteroatoms. The van der Waals surface area contributed by atoms with Gasteiger partial charge in [-0.2, -0.15) is 0 Å². The first-order chi connectivity index (χ1) is 13.7. The van der Waals surface area contributed by atoms with E-state index in [4.69, 9.17) is 4.74 Å². The van der Waals surface area contributed by atoms with Crippen LogP contribution in [0.5, 0.6) is 0 Å². The zero-order valence-corrected chi connectivity index (χ0v) is 18.8. The minimum Gasteiger partial charge on any atom is -0.469 e. The molecule has 0 bridgehead atoms. The second-order valence-corrected chi connectivity index (χ2v) is 11.3. The molecule has 4 aliphatic carbocycles. The van der Waals surface area contributed by atoms with E-state index in [-0.39, 0.29) is 22.9 Å². The summed E-state index contributed by atoms with van der Waals surface area (Å²) in [6.45, 7) is 6.94. The second kappa shape index (κ2) is 7.66. The lowest BCUT2D eigenvalue weighted by molar-refractivity contribution is -0.160. The van der Waals surface area contributed by atoms with Gasteiger partial charge in [0.2, 0.25) is 0 Å². The fourth-order valence-corrected chi connectivity index (χ4v) is 8.53. The van der Waals surface area contributed by atoms with Gasteiger partial charge in [0.05, 0.1) is 13.2 Å². The standard InChI is InChI=1S/C25H40O4/c1-15(5-10-23(28)29-4)19-8-9-20-18-7-6-16-13-17(26)11-12-24(16,2)21(18)14-22(27)25(19,20)3/h15-21,26H,5-14H2,1-4H3/t15-,16-,17-,18?,19?,20?,21?,24+,25-/m1/s1. The second-order valence-electron chi connectivity index (χ2n) is 11.3. The Morgan fingerprint density at radius 3 is 2.66 bits per heavy atom. The highest BCUT2D eigenvalue weighted by atomic mass is 16.5. The molecule has 29 heavy (non-hydrogen) atoms.